The zero-order valence-corrected chi connectivity index (χ0v) is 21.3. The van der Waals surface area contributed by atoms with E-state index in [1.54, 1.807) is 6.07 Å². The minimum absolute atomic E-state index is 0.231. The Morgan fingerprint density at radius 3 is 2.41 bits per heavy atom. The number of aromatic nitrogens is 1. The molecule has 0 aliphatic carbocycles. The lowest BCUT2D eigenvalue weighted by Gasteiger charge is -2.11. The Morgan fingerprint density at radius 2 is 1.79 bits per heavy atom. The molecular formula is C25H30N2O5S2. The van der Waals surface area contributed by atoms with Crippen molar-refractivity contribution < 1.29 is 17.9 Å². The molecule has 3 aromatic rings. The van der Waals surface area contributed by atoms with Crippen LogP contribution in [0.3, 0.4) is 0 Å². The summed E-state index contributed by atoms with van der Waals surface area (Å²) in [5.74, 6) is -0.207. The van der Waals surface area contributed by atoms with Crippen LogP contribution >= 0.6 is 11.3 Å². The number of hydrogen-bond acceptors (Lipinski definition) is 6. The Hall–Kier alpha value is -2.91. The molecule has 182 valence electrons. The highest BCUT2D eigenvalue weighted by Gasteiger charge is 2.22. The van der Waals surface area contributed by atoms with Crippen LogP contribution in [0.15, 0.2) is 47.3 Å². The van der Waals surface area contributed by atoms with Crippen LogP contribution in [0.4, 0.5) is 0 Å². The number of nitrogens with one attached hydrogen (secondary N) is 2. The number of unbranched alkanes of at least 4 members (excludes halogenated alkanes) is 3. The van der Waals surface area contributed by atoms with E-state index in [2.05, 4.69) is 11.9 Å². The fourth-order valence-corrected chi connectivity index (χ4v) is 4.93. The highest BCUT2D eigenvalue weighted by atomic mass is 32.2. The molecule has 2 N–H and O–H groups in total. The van der Waals surface area contributed by atoms with Gasteiger partial charge in [-0.25, -0.2) is 13.1 Å². The number of amides is 1. The molecule has 0 aliphatic heterocycles. The van der Waals surface area contributed by atoms with Crippen LogP contribution in [0.1, 0.15) is 54.8 Å². The summed E-state index contributed by atoms with van der Waals surface area (Å²) in [6.07, 6.45) is 6.20. The van der Waals surface area contributed by atoms with Gasteiger partial charge < -0.3 is 9.72 Å². The van der Waals surface area contributed by atoms with E-state index >= 15 is 0 Å². The quantitative estimate of drug-likeness (QED) is 0.360. The summed E-state index contributed by atoms with van der Waals surface area (Å²) < 4.78 is 30.9. The summed E-state index contributed by atoms with van der Waals surface area (Å²) in [6, 6.07) is 12.9. The molecule has 9 heteroatoms. The molecule has 0 atom stereocenters. The number of benzene rings is 1. The van der Waals surface area contributed by atoms with Gasteiger partial charge in [0, 0.05) is 21.0 Å². The third-order valence-corrected chi connectivity index (χ3v) is 7.06. The normalized spacial score (nSPS) is 11.4. The van der Waals surface area contributed by atoms with Gasteiger partial charge in [0.15, 0.2) is 0 Å². The van der Waals surface area contributed by atoms with Crippen LogP contribution in [-0.2, 0) is 16.4 Å². The number of carbonyl (C=O) groups is 1. The first-order valence-electron chi connectivity index (χ1n) is 11.3. The van der Waals surface area contributed by atoms with Crippen molar-refractivity contribution in [3.8, 4) is 27.4 Å². The fraction of sp³-hybridized carbons (Fsp3) is 0.360. The largest absolute Gasteiger partial charge is 0.494 e. The van der Waals surface area contributed by atoms with E-state index in [-0.39, 0.29) is 5.56 Å². The number of rotatable bonds is 11. The van der Waals surface area contributed by atoms with Crippen LogP contribution < -0.4 is 15.0 Å². The van der Waals surface area contributed by atoms with Crippen molar-refractivity contribution >= 4 is 27.3 Å². The molecule has 0 radical (unpaired) electrons. The van der Waals surface area contributed by atoms with E-state index in [4.69, 9.17) is 4.74 Å². The second-order valence-electron chi connectivity index (χ2n) is 8.06. The lowest BCUT2D eigenvalue weighted by molar-refractivity contribution is 0.0981. The van der Waals surface area contributed by atoms with Gasteiger partial charge in [-0.1, -0.05) is 33.1 Å². The highest BCUT2D eigenvalue weighted by molar-refractivity contribution is 7.89. The number of aromatic amines is 1. The average Bonchev–Trinajstić information content (AvgIpc) is 3.27. The van der Waals surface area contributed by atoms with E-state index in [1.807, 2.05) is 48.0 Å². The van der Waals surface area contributed by atoms with Crippen LogP contribution in [0.5, 0.6) is 5.75 Å². The van der Waals surface area contributed by atoms with Crippen molar-refractivity contribution in [2.45, 2.75) is 46.0 Å². The Kier molecular flexibility index (Phi) is 8.68. The Labute approximate surface area is 204 Å². The standard InChI is InChI=1S/C25H30N2O5S2/c1-4-6-7-8-15-32-18-11-9-17(10-12-18)21-16-20(22-14-13-19(5-2)33-22)23(24(28)26-21)25(29)27-34(3,30)31/h9-14,16H,4-8,15H2,1-3H3,(H,26,28)(H,27,29). The van der Waals surface area contributed by atoms with Gasteiger partial charge in [-0.05, 0) is 60.9 Å². The van der Waals surface area contributed by atoms with Gasteiger partial charge >= 0.3 is 0 Å². The molecule has 1 aromatic carbocycles. The molecule has 0 saturated heterocycles. The summed E-state index contributed by atoms with van der Waals surface area (Å²) in [6.45, 7) is 4.84. The summed E-state index contributed by atoms with van der Waals surface area (Å²) >= 11 is 1.46. The molecule has 3 rings (SSSR count). The van der Waals surface area contributed by atoms with Crippen LogP contribution in [0, 0.1) is 0 Å². The number of carbonyl (C=O) groups excluding carboxylic acids is 1. The molecule has 34 heavy (non-hydrogen) atoms. The lowest BCUT2D eigenvalue weighted by Crippen LogP contribution is -2.34. The van der Waals surface area contributed by atoms with Gasteiger partial charge in [0.05, 0.1) is 12.9 Å². The zero-order valence-electron chi connectivity index (χ0n) is 19.6. The molecule has 7 nitrogen and oxygen atoms in total. The maximum atomic E-state index is 13.0. The van der Waals surface area contributed by atoms with Crippen molar-refractivity contribution in [2.24, 2.45) is 0 Å². The number of sulfonamides is 1. The second-order valence-corrected chi connectivity index (χ2v) is 11.0. The van der Waals surface area contributed by atoms with Gasteiger partial charge in [-0.15, -0.1) is 11.3 Å². The molecule has 2 aromatic heterocycles. The Morgan fingerprint density at radius 1 is 1.06 bits per heavy atom. The van der Waals surface area contributed by atoms with Gasteiger partial charge in [0.1, 0.15) is 11.3 Å². The predicted octanol–water partition coefficient (Wildman–Crippen LogP) is 4.98. The summed E-state index contributed by atoms with van der Waals surface area (Å²) in [7, 11) is -3.83. The Bertz CT molecular complexity index is 1290. The van der Waals surface area contributed by atoms with Crippen LogP contribution in [0.2, 0.25) is 0 Å². The monoisotopic (exact) mass is 502 g/mol. The van der Waals surface area contributed by atoms with E-state index in [0.717, 1.165) is 46.6 Å². The third kappa shape index (κ3) is 6.80. The number of H-pyrrole nitrogens is 1. The lowest BCUT2D eigenvalue weighted by atomic mass is 10.0. The SMILES string of the molecule is CCCCCCOc1ccc(-c2cc(-c3ccc(CC)s3)c(C(=O)NS(C)(=O)=O)c(=O)[nH]2)cc1. The molecule has 1 amide bonds. The first-order chi connectivity index (χ1) is 16.2. The summed E-state index contributed by atoms with van der Waals surface area (Å²) in [5, 5.41) is 0. The van der Waals surface area contributed by atoms with Crippen molar-refractivity contribution in [2.75, 3.05) is 12.9 Å². The topological polar surface area (TPSA) is 105 Å². The fourth-order valence-electron chi connectivity index (χ4n) is 3.52. The van der Waals surface area contributed by atoms with Crippen LogP contribution in [0.25, 0.3) is 21.7 Å². The first kappa shape index (κ1) is 25.7. The number of aryl methyl sites for hydroxylation is 1. The minimum atomic E-state index is -3.83. The molecule has 0 unspecified atom stereocenters. The van der Waals surface area contributed by atoms with Crippen molar-refractivity contribution in [3.05, 3.63) is 63.3 Å². The maximum absolute atomic E-state index is 13.0. The van der Waals surface area contributed by atoms with Gasteiger partial charge in [0.2, 0.25) is 10.0 Å². The maximum Gasteiger partial charge on any atom is 0.270 e. The number of hydrogen-bond donors (Lipinski definition) is 2. The molecular weight excluding hydrogens is 472 g/mol. The molecule has 0 saturated carbocycles. The first-order valence-corrected chi connectivity index (χ1v) is 14.0. The molecule has 0 bridgehead atoms. The van der Waals surface area contributed by atoms with E-state index in [0.29, 0.717) is 17.9 Å². The minimum Gasteiger partial charge on any atom is -0.494 e. The number of thiophene rings is 1. The van der Waals surface area contributed by atoms with E-state index in [1.165, 1.54) is 24.2 Å². The van der Waals surface area contributed by atoms with E-state index in [9.17, 15) is 18.0 Å². The predicted molar refractivity (Wildman–Crippen MR) is 137 cm³/mol. The summed E-state index contributed by atoms with van der Waals surface area (Å²) in [4.78, 5) is 30.2. The van der Waals surface area contributed by atoms with Gasteiger partial charge in [-0.2, -0.15) is 0 Å². The molecule has 0 fully saturated rings. The van der Waals surface area contributed by atoms with Crippen molar-refractivity contribution in [1.29, 1.82) is 0 Å². The zero-order chi connectivity index (χ0) is 24.7. The smallest absolute Gasteiger partial charge is 0.270 e. The number of ether oxygens (including phenoxy) is 1. The molecule has 2 heterocycles. The molecule has 0 aliphatic rings. The van der Waals surface area contributed by atoms with Crippen molar-refractivity contribution in [3.63, 3.8) is 0 Å². The van der Waals surface area contributed by atoms with Crippen molar-refractivity contribution in [1.82, 2.24) is 9.71 Å². The highest BCUT2D eigenvalue weighted by Crippen LogP contribution is 2.32. The summed E-state index contributed by atoms with van der Waals surface area (Å²) in [5.41, 5.74) is 0.777. The van der Waals surface area contributed by atoms with Gasteiger partial charge in [-0.3, -0.25) is 9.59 Å². The third-order valence-electron chi connectivity index (χ3n) is 5.25. The van der Waals surface area contributed by atoms with Gasteiger partial charge in [0.25, 0.3) is 11.5 Å². The second kappa shape index (κ2) is 11.5. The molecule has 0 spiro atoms. The number of pyridine rings is 1. The van der Waals surface area contributed by atoms with Crippen LogP contribution in [-0.4, -0.2) is 32.2 Å². The Balaban J connectivity index is 1.95. The van der Waals surface area contributed by atoms with E-state index < -0.39 is 21.5 Å². The average molecular weight is 503 g/mol.